The molecule has 0 bridgehead atoms. The number of urea groups is 1. The fourth-order valence-electron chi connectivity index (χ4n) is 5.65. The number of hydrogen-bond acceptors (Lipinski definition) is 6. The number of benzene rings is 1. The van der Waals surface area contributed by atoms with Crippen LogP contribution in [0.4, 0.5) is 31.0 Å². The van der Waals surface area contributed by atoms with Crippen molar-refractivity contribution in [1.82, 2.24) is 14.9 Å². The SMILES string of the molecule is CN(C)C1CCC(Nc2ncc3c(n2)N(C2CCCC2)C(=O)N(c2c(Cl)cc(F)c(O)c2F)C3)CC1. The molecular weight excluding hydrogens is 490 g/mol. The van der Waals surface area contributed by atoms with Crippen LogP contribution < -0.4 is 15.1 Å². The molecule has 0 radical (unpaired) electrons. The van der Waals surface area contributed by atoms with Gasteiger partial charge in [0.2, 0.25) is 5.95 Å². The van der Waals surface area contributed by atoms with E-state index < -0.39 is 23.4 Å². The molecule has 2 heterocycles. The smallest absolute Gasteiger partial charge is 0.330 e. The van der Waals surface area contributed by atoms with Gasteiger partial charge < -0.3 is 15.3 Å². The Hall–Kier alpha value is -2.72. The summed E-state index contributed by atoms with van der Waals surface area (Å²) in [5, 5.41) is 13.0. The van der Waals surface area contributed by atoms with E-state index in [0.717, 1.165) is 62.3 Å². The highest BCUT2D eigenvalue weighted by atomic mass is 35.5. The Kier molecular flexibility index (Phi) is 6.91. The summed E-state index contributed by atoms with van der Waals surface area (Å²) >= 11 is 6.16. The van der Waals surface area contributed by atoms with Crippen molar-refractivity contribution < 1.29 is 18.7 Å². The molecule has 2 saturated carbocycles. The van der Waals surface area contributed by atoms with Gasteiger partial charge >= 0.3 is 6.03 Å². The van der Waals surface area contributed by atoms with Crippen LogP contribution in [0.3, 0.4) is 0 Å². The standard InChI is InChI=1S/C25H31ClF2N6O2/c1-32(2)16-9-7-15(8-10-16)30-24-29-12-14-13-33(21-18(26)11-19(27)22(35)20(21)28)25(36)34(23(14)31-24)17-5-3-4-6-17/h11-12,15-17,35H,3-10,13H2,1-2H3,(H,29,30,31). The van der Waals surface area contributed by atoms with Gasteiger partial charge in [-0.3, -0.25) is 9.80 Å². The van der Waals surface area contributed by atoms with Gasteiger partial charge in [-0.15, -0.1) is 0 Å². The number of nitrogens with zero attached hydrogens (tertiary/aromatic N) is 5. The van der Waals surface area contributed by atoms with Crippen LogP contribution in [0.1, 0.15) is 56.9 Å². The first kappa shape index (κ1) is 25.0. The van der Waals surface area contributed by atoms with Crippen molar-refractivity contribution in [2.75, 3.05) is 29.2 Å². The molecule has 0 atom stereocenters. The van der Waals surface area contributed by atoms with Crippen molar-refractivity contribution in [3.63, 3.8) is 0 Å². The van der Waals surface area contributed by atoms with E-state index in [1.54, 1.807) is 11.1 Å². The lowest BCUT2D eigenvalue weighted by Gasteiger charge is -2.39. The molecule has 2 N–H and O–H groups in total. The van der Waals surface area contributed by atoms with E-state index in [0.29, 0.717) is 23.4 Å². The van der Waals surface area contributed by atoms with Crippen LogP contribution in [0.2, 0.25) is 5.02 Å². The van der Waals surface area contributed by atoms with Gasteiger partial charge in [-0.1, -0.05) is 24.4 Å². The Morgan fingerprint density at radius 2 is 1.83 bits per heavy atom. The van der Waals surface area contributed by atoms with Crippen molar-refractivity contribution in [3.05, 3.63) is 34.5 Å². The summed E-state index contributed by atoms with van der Waals surface area (Å²) in [6, 6.07) is 1.04. The summed E-state index contributed by atoms with van der Waals surface area (Å²) in [5.74, 6) is -2.64. The van der Waals surface area contributed by atoms with Crippen LogP contribution in [-0.4, -0.2) is 58.2 Å². The molecule has 2 amide bonds. The molecule has 194 valence electrons. The molecule has 2 aliphatic carbocycles. The lowest BCUT2D eigenvalue weighted by molar-refractivity contribution is 0.221. The molecule has 0 saturated heterocycles. The Balaban J connectivity index is 1.46. The number of aromatic nitrogens is 2. The molecule has 2 aromatic rings. The largest absolute Gasteiger partial charge is 0.503 e. The van der Waals surface area contributed by atoms with Crippen molar-refractivity contribution >= 4 is 35.1 Å². The van der Waals surface area contributed by atoms with E-state index in [1.165, 1.54) is 0 Å². The molecule has 2 fully saturated rings. The zero-order valence-corrected chi connectivity index (χ0v) is 21.2. The van der Waals surface area contributed by atoms with E-state index in [2.05, 4.69) is 29.3 Å². The van der Waals surface area contributed by atoms with Gasteiger partial charge in [0, 0.05) is 29.9 Å². The van der Waals surface area contributed by atoms with Crippen molar-refractivity contribution in [1.29, 1.82) is 0 Å². The number of anilines is 3. The normalized spacial score (nSPS) is 22.9. The quantitative estimate of drug-likeness (QED) is 0.557. The highest BCUT2D eigenvalue weighted by Gasteiger charge is 2.40. The van der Waals surface area contributed by atoms with Crippen molar-refractivity contribution in [3.8, 4) is 5.75 Å². The van der Waals surface area contributed by atoms with Gasteiger partial charge in [-0.25, -0.2) is 18.6 Å². The maximum atomic E-state index is 14.9. The predicted octanol–water partition coefficient (Wildman–Crippen LogP) is 5.29. The molecule has 0 unspecified atom stereocenters. The van der Waals surface area contributed by atoms with E-state index in [9.17, 15) is 18.7 Å². The number of hydrogen-bond donors (Lipinski definition) is 2. The van der Waals surface area contributed by atoms with Crippen LogP contribution in [0, 0.1) is 11.6 Å². The van der Waals surface area contributed by atoms with Crippen molar-refractivity contribution in [2.45, 2.75) is 76.0 Å². The second-order valence-corrected chi connectivity index (χ2v) is 10.6. The van der Waals surface area contributed by atoms with E-state index in [1.807, 2.05) is 0 Å². The number of phenols is 1. The lowest BCUT2D eigenvalue weighted by atomic mass is 9.91. The summed E-state index contributed by atoms with van der Waals surface area (Å²) in [4.78, 5) is 28.0. The van der Waals surface area contributed by atoms with Crippen LogP contribution in [0.15, 0.2) is 12.3 Å². The molecular formula is C25H31ClF2N6O2. The third-order valence-corrected chi connectivity index (χ3v) is 7.97. The molecule has 0 spiro atoms. The molecule has 5 rings (SSSR count). The van der Waals surface area contributed by atoms with E-state index in [4.69, 9.17) is 16.6 Å². The average molecular weight is 521 g/mol. The maximum absolute atomic E-state index is 14.9. The molecule has 11 heteroatoms. The summed E-state index contributed by atoms with van der Waals surface area (Å²) < 4.78 is 28.8. The van der Waals surface area contributed by atoms with Gasteiger partial charge in [-0.05, 0) is 58.7 Å². The number of halogens is 3. The summed E-state index contributed by atoms with van der Waals surface area (Å²) in [5.41, 5.74) is 0.275. The number of aromatic hydroxyl groups is 1. The Morgan fingerprint density at radius 3 is 2.50 bits per heavy atom. The highest BCUT2D eigenvalue weighted by Crippen LogP contribution is 2.42. The van der Waals surface area contributed by atoms with Gasteiger partial charge in [0.05, 0.1) is 11.6 Å². The van der Waals surface area contributed by atoms with Crippen molar-refractivity contribution in [2.24, 2.45) is 0 Å². The molecule has 1 aromatic carbocycles. The zero-order chi connectivity index (χ0) is 25.6. The minimum Gasteiger partial charge on any atom is -0.503 e. The monoisotopic (exact) mass is 520 g/mol. The fraction of sp³-hybridized carbons (Fsp3) is 0.560. The molecule has 1 aliphatic heterocycles. The first-order chi connectivity index (χ1) is 17.2. The highest BCUT2D eigenvalue weighted by molar-refractivity contribution is 6.34. The van der Waals surface area contributed by atoms with Gasteiger partial charge in [-0.2, -0.15) is 4.98 Å². The Bertz CT molecular complexity index is 1150. The molecule has 1 aromatic heterocycles. The van der Waals surface area contributed by atoms with Gasteiger partial charge in [0.25, 0.3) is 0 Å². The molecule has 36 heavy (non-hydrogen) atoms. The number of fused-ring (bicyclic) bond motifs is 1. The Morgan fingerprint density at radius 1 is 1.14 bits per heavy atom. The lowest BCUT2D eigenvalue weighted by Crippen LogP contribution is -2.52. The number of amides is 2. The van der Waals surface area contributed by atoms with Gasteiger partial charge in [0.1, 0.15) is 11.5 Å². The summed E-state index contributed by atoms with van der Waals surface area (Å²) in [7, 11) is 4.21. The van der Waals surface area contributed by atoms with Crippen LogP contribution in [-0.2, 0) is 6.54 Å². The average Bonchev–Trinajstić information content (AvgIpc) is 3.38. The third-order valence-electron chi connectivity index (χ3n) is 7.68. The first-order valence-electron chi connectivity index (χ1n) is 12.5. The van der Waals surface area contributed by atoms with E-state index in [-0.39, 0.29) is 29.3 Å². The predicted molar refractivity (Wildman–Crippen MR) is 135 cm³/mol. The Labute approximate surface area is 214 Å². The second-order valence-electron chi connectivity index (χ2n) is 10.2. The van der Waals surface area contributed by atoms with E-state index >= 15 is 0 Å². The maximum Gasteiger partial charge on any atom is 0.330 e. The topological polar surface area (TPSA) is 84.8 Å². The fourth-order valence-corrected chi connectivity index (χ4v) is 5.93. The molecule has 3 aliphatic rings. The minimum absolute atomic E-state index is 0.0483. The number of rotatable bonds is 5. The molecule has 8 nitrogen and oxygen atoms in total. The first-order valence-corrected chi connectivity index (χ1v) is 12.9. The summed E-state index contributed by atoms with van der Waals surface area (Å²) in [6.45, 7) is -0.0483. The third kappa shape index (κ3) is 4.56. The van der Waals surface area contributed by atoms with Crippen LogP contribution >= 0.6 is 11.6 Å². The second kappa shape index (κ2) is 9.97. The minimum atomic E-state index is -1.27. The zero-order valence-electron chi connectivity index (χ0n) is 20.5. The number of phenolic OH excluding ortho intramolecular Hbond substituents is 1. The number of nitrogens with one attached hydrogen (secondary N) is 1. The summed E-state index contributed by atoms with van der Waals surface area (Å²) in [6.07, 6.45) is 9.39. The van der Waals surface area contributed by atoms with Crippen LogP contribution in [0.5, 0.6) is 5.75 Å². The van der Waals surface area contributed by atoms with Crippen LogP contribution in [0.25, 0.3) is 0 Å². The number of carbonyl (C=O) groups excluding carboxylic acids is 1. The number of carbonyl (C=O) groups is 1. The van der Waals surface area contributed by atoms with Gasteiger partial charge in [0.15, 0.2) is 17.4 Å².